The van der Waals surface area contributed by atoms with Crippen molar-refractivity contribution in [3.8, 4) is 22.8 Å². The number of aromatic amines is 1. The molecule has 2 aromatic heterocycles. The summed E-state index contributed by atoms with van der Waals surface area (Å²) in [4.78, 5) is 17.1. The van der Waals surface area contributed by atoms with E-state index in [1.54, 1.807) is 32.0 Å². The minimum Gasteiger partial charge on any atom is -0.493 e. The van der Waals surface area contributed by atoms with Crippen molar-refractivity contribution in [2.24, 2.45) is 7.05 Å². The molecule has 0 aliphatic rings. The van der Waals surface area contributed by atoms with E-state index in [1.165, 1.54) is 0 Å². The van der Waals surface area contributed by atoms with Crippen LogP contribution in [0, 0.1) is 0 Å². The number of aromatic nitrogens is 5. The van der Waals surface area contributed by atoms with Crippen LogP contribution in [0.3, 0.4) is 0 Å². The number of ether oxygens (including phenoxy) is 2. The van der Waals surface area contributed by atoms with Gasteiger partial charge in [0.15, 0.2) is 11.5 Å². The lowest BCUT2D eigenvalue weighted by Crippen LogP contribution is -2.16. The second-order valence-corrected chi connectivity index (χ2v) is 7.15. The third-order valence-corrected chi connectivity index (χ3v) is 5.04. The van der Waals surface area contributed by atoms with Crippen molar-refractivity contribution < 1.29 is 14.3 Å². The zero-order valence-electron chi connectivity index (χ0n) is 18.1. The molecule has 2 heterocycles. The number of carbonyl (C=O) groups is 1. The number of nitrogens with one attached hydrogen (secondary N) is 2. The first-order chi connectivity index (χ1) is 15.6. The average Bonchev–Trinajstić information content (AvgIpc) is 3.44. The van der Waals surface area contributed by atoms with Gasteiger partial charge in [-0.2, -0.15) is 10.1 Å². The first-order valence-electron chi connectivity index (χ1n) is 10.1. The lowest BCUT2D eigenvalue weighted by molar-refractivity contribution is 0.101. The van der Waals surface area contributed by atoms with Gasteiger partial charge in [0.2, 0.25) is 5.95 Å². The first kappa shape index (κ1) is 21.1. The molecule has 2 N–H and O–H groups in total. The molecular weight excluding hydrogens is 408 g/mol. The van der Waals surface area contributed by atoms with Crippen molar-refractivity contribution in [2.45, 2.75) is 12.8 Å². The summed E-state index contributed by atoms with van der Waals surface area (Å²) in [5.74, 6) is 1.94. The van der Waals surface area contributed by atoms with E-state index in [4.69, 9.17) is 9.47 Å². The maximum atomic E-state index is 12.7. The number of rotatable bonds is 8. The van der Waals surface area contributed by atoms with Gasteiger partial charge in [-0.3, -0.25) is 19.9 Å². The van der Waals surface area contributed by atoms with E-state index in [2.05, 4.69) is 25.6 Å². The SMILES string of the molecule is COc1ccc(CCc2nc(NC(=O)c3cc(-c4ccccc4)nn3C)n[nH]2)cc1OC. The molecule has 0 aliphatic heterocycles. The van der Waals surface area contributed by atoms with E-state index < -0.39 is 0 Å². The quantitative estimate of drug-likeness (QED) is 0.443. The van der Waals surface area contributed by atoms with Crippen molar-refractivity contribution in [2.75, 3.05) is 19.5 Å². The van der Waals surface area contributed by atoms with Gasteiger partial charge < -0.3 is 9.47 Å². The summed E-state index contributed by atoms with van der Waals surface area (Å²) < 4.78 is 12.2. The van der Waals surface area contributed by atoms with Gasteiger partial charge in [-0.1, -0.05) is 36.4 Å². The molecule has 164 valence electrons. The topological polar surface area (TPSA) is 107 Å². The van der Waals surface area contributed by atoms with Crippen LogP contribution in [0.1, 0.15) is 21.9 Å². The number of aryl methyl sites for hydroxylation is 3. The zero-order chi connectivity index (χ0) is 22.5. The number of benzene rings is 2. The van der Waals surface area contributed by atoms with E-state index in [0.717, 1.165) is 23.2 Å². The highest BCUT2D eigenvalue weighted by molar-refractivity contribution is 6.02. The van der Waals surface area contributed by atoms with E-state index in [1.807, 2.05) is 48.5 Å². The third-order valence-electron chi connectivity index (χ3n) is 5.04. The van der Waals surface area contributed by atoms with Gasteiger partial charge in [0, 0.05) is 19.0 Å². The molecule has 0 radical (unpaired) electrons. The number of H-pyrrole nitrogens is 1. The largest absolute Gasteiger partial charge is 0.493 e. The number of hydrogen-bond donors (Lipinski definition) is 2. The minimum absolute atomic E-state index is 0.222. The molecule has 1 amide bonds. The normalized spacial score (nSPS) is 10.7. The molecule has 0 saturated carbocycles. The van der Waals surface area contributed by atoms with Gasteiger partial charge in [0.05, 0.1) is 19.9 Å². The van der Waals surface area contributed by atoms with Crippen LogP contribution < -0.4 is 14.8 Å². The molecule has 0 aliphatic carbocycles. The monoisotopic (exact) mass is 432 g/mol. The number of nitrogens with zero attached hydrogens (tertiary/aromatic N) is 4. The number of methoxy groups -OCH3 is 2. The van der Waals surface area contributed by atoms with Gasteiger partial charge in [0.25, 0.3) is 5.91 Å². The fourth-order valence-corrected chi connectivity index (χ4v) is 3.36. The molecule has 0 unspecified atom stereocenters. The minimum atomic E-state index is -0.326. The molecule has 32 heavy (non-hydrogen) atoms. The van der Waals surface area contributed by atoms with Crippen LogP contribution in [0.4, 0.5) is 5.95 Å². The highest BCUT2D eigenvalue weighted by atomic mass is 16.5. The Morgan fingerprint density at radius 1 is 1.03 bits per heavy atom. The highest BCUT2D eigenvalue weighted by Gasteiger charge is 2.16. The molecule has 9 heteroatoms. The van der Waals surface area contributed by atoms with Crippen LogP contribution in [0.2, 0.25) is 0 Å². The fraction of sp³-hybridized carbons (Fsp3) is 0.217. The third kappa shape index (κ3) is 4.61. The van der Waals surface area contributed by atoms with Crippen LogP contribution in [0.25, 0.3) is 11.3 Å². The van der Waals surface area contributed by atoms with Crippen LogP contribution >= 0.6 is 0 Å². The van der Waals surface area contributed by atoms with E-state index >= 15 is 0 Å². The molecule has 4 aromatic rings. The van der Waals surface area contributed by atoms with Crippen molar-refractivity contribution in [3.05, 3.63) is 71.7 Å². The summed E-state index contributed by atoms with van der Waals surface area (Å²) in [6.07, 6.45) is 1.35. The van der Waals surface area contributed by atoms with Gasteiger partial charge in [-0.15, -0.1) is 5.10 Å². The highest BCUT2D eigenvalue weighted by Crippen LogP contribution is 2.28. The summed E-state index contributed by atoms with van der Waals surface area (Å²) in [6, 6.07) is 17.2. The summed E-state index contributed by atoms with van der Waals surface area (Å²) in [6.45, 7) is 0. The predicted octanol–water partition coefficient (Wildman–Crippen LogP) is 3.26. The molecule has 0 bridgehead atoms. The second-order valence-electron chi connectivity index (χ2n) is 7.15. The molecular formula is C23H24N6O3. The van der Waals surface area contributed by atoms with Crippen LogP contribution in [0.15, 0.2) is 54.6 Å². The molecule has 9 nitrogen and oxygen atoms in total. The second kappa shape index (κ2) is 9.34. The van der Waals surface area contributed by atoms with Crippen molar-refractivity contribution in [3.63, 3.8) is 0 Å². The maximum absolute atomic E-state index is 12.7. The Morgan fingerprint density at radius 3 is 2.56 bits per heavy atom. The molecule has 0 atom stereocenters. The van der Waals surface area contributed by atoms with Gasteiger partial charge in [-0.05, 0) is 30.2 Å². The van der Waals surface area contributed by atoms with Gasteiger partial charge in [0.1, 0.15) is 11.5 Å². The number of hydrogen-bond acceptors (Lipinski definition) is 6. The summed E-state index contributed by atoms with van der Waals surface area (Å²) >= 11 is 0. The molecule has 0 saturated heterocycles. The van der Waals surface area contributed by atoms with Crippen molar-refractivity contribution in [1.82, 2.24) is 25.0 Å². The van der Waals surface area contributed by atoms with E-state index in [0.29, 0.717) is 29.4 Å². The zero-order valence-corrected chi connectivity index (χ0v) is 18.1. The van der Waals surface area contributed by atoms with Crippen LogP contribution in [-0.2, 0) is 19.9 Å². The van der Waals surface area contributed by atoms with Gasteiger partial charge in [-0.25, -0.2) is 0 Å². The predicted molar refractivity (Wildman–Crippen MR) is 120 cm³/mol. The fourth-order valence-electron chi connectivity index (χ4n) is 3.36. The number of carbonyl (C=O) groups excluding carboxylic acids is 1. The van der Waals surface area contributed by atoms with E-state index in [-0.39, 0.29) is 11.9 Å². The Kier molecular flexibility index (Phi) is 6.16. The standard InChI is InChI=1S/C23H24N6O3/c1-29-18(14-17(28-29)16-7-5-4-6-8-16)22(30)25-23-24-21(26-27-23)12-10-15-9-11-19(31-2)20(13-15)32-3/h4-9,11,13-14H,10,12H2,1-3H3,(H2,24,25,26,27,30). The lowest BCUT2D eigenvalue weighted by Gasteiger charge is -2.09. The Hall–Kier alpha value is -4.14. The molecule has 4 rings (SSSR count). The first-order valence-corrected chi connectivity index (χ1v) is 10.1. The van der Waals surface area contributed by atoms with Crippen molar-refractivity contribution >= 4 is 11.9 Å². The number of anilines is 1. The van der Waals surface area contributed by atoms with Gasteiger partial charge >= 0.3 is 0 Å². The molecule has 2 aromatic carbocycles. The molecule has 0 fully saturated rings. The average molecular weight is 432 g/mol. The lowest BCUT2D eigenvalue weighted by atomic mass is 10.1. The number of amides is 1. The molecule has 0 spiro atoms. The Balaban J connectivity index is 1.39. The maximum Gasteiger partial charge on any atom is 0.276 e. The van der Waals surface area contributed by atoms with Crippen LogP contribution in [0.5, 0.6) is 11.5 Å². The Morgan fingerprint density at radius 2 is 1.81 bits per heavy atom. The smallest absolute Gasteiger partial charge is 0.276 e. The van der Waals surface area contributed by atoms with Crippen LogP contribution in [-0.4, -0.2) is 45.1 Å². The summed E-state index contributed by atoms with van der Waals surface area (Å²) in [7, 11) is 4.95. The Bertz CT molecular complexity index is 1220. The van der Waals surface area contributed by atoms with Crippen molar-refractivity contribution in [1.29, 1.82) is 0 Å². The summed E-state index contributed by atoms with van der Waals surface area (Å²) in [5, 5.41) is 14.1. The summed E-state index contributed by atoms with van der Waals surface area (Å²) in [5.41, 5.74) is 3.16. The Labute approximate surface area is 185 Å². The van der Waals surface area contributed by atoms with E-state index in [9.17, 15) is 4.79 Å².